The van der Waals surface area contributed by atoms with Gasteiger partial charge in [-0.15, -0.1) is 0 Å². The molecule has 0 aromatic heterocycles. The number of hydrogen-bond acceptors (Lipinski definition) is 3. The maximum absolute atomic E-state index is 13.8. The highest BCUT2D eigenvalue weighted by Crippen LogP contribution is 2.16. The molecule has 1 aromatic carbocycles. The molecule has 106 valence electrons. The van der Waals surface area contributed by atoms with Gasteiger partial charge in [0.15, 0.2) is 0 Å². The van der Waals surface area contributed by atoms with Crippen LogP contribution >= 0.6 is 0 Å². The number of amides is 1. The Morgan fingerprint density at radius 2 is 2.11 bits per heavy atom. The van der Waals surface area contributed by atoms with Gasteiger partial charge in [0.25, 0.3) is 5.91 Å². The number of aryl methyl sites for hydroxylation is 1. The molecule has 0 fully saturated rings. The summed E-state index contributed by atoms with van der Waals surface area (Å²) in [6, 6.07) is 3.28. The molecular formula is C14H22FN3O. The molecule has 0 atom stereocenters. The van der Waals surface area contributed by atoms with Crippen molar-refractivity contribution < 1.29 is 9.18 Å². The first kappa shape index (κ1) is 15.4. The predicted molar refractivity (Wildman–Crippen MR) is 75.6 cm³/mol. The molecule has 4 nitrogen and oxygen atoms in total. The minimum absolute atomic E-state index is 0.00435. The molecule has 0 aliphatic carbocycles. The van der Waals surface area contributed by atoms with Gasteiger partial charge in [-0.3, -0.25) is 4.79 Å². The van der Waals surface area contributed by atoms with E-state index in [4.69, 9.17) is 5.73 Å². The summed E-state index contributed by atoms with van der Waals surface area (Å²) < 4.78 is 13.8. The quantitative estimate of drug-likeness (QED) is 0.800. The maximum atomic E-state index is 13.8. The van der Waals surface area contributed by atoms with Crippen LogP contribution in [0, 0.1) is 12.7 Å². The predicted octanol–water partition coefficient (Wildman–Crippen LogP) is 1.79. The van der Waals surface area contributed by atoms with Crippen molar-refractivity contribution in [3.8, 4) is 0 Å². The zero-order valence-corrected chi connectivity index (χ0v) is 12.0. The Bertz CT molecular complexity index is 460. The Balaban J connectivity index is 2.64. The van der Waals surface area contributed by atoms with E-state index in [1.54, 1.807) is 6.92 Å². The number of hydrogen-bond donors (Lipinski definition) is 2. The number of nitrogens with two attached hydrogens (primary N) is 1. The van der Waals surface area contributed by atoms with Crippen LogP contribution in [0.2, 0.25) is 0 Å². The number of anilines is 1. The van der Waals surface area contributed by atoms with Crippen LogP contribution in [0.4, 0.5) is 10.1 Å². The van der Waals surface area contributed by atoms with Gasteiger partial charge in [-0.05, 0) is 45.5 Å². The van der Waals surface area contributed by atoms with Crippen molar-refractivity contribution in [1.29, 1.82) is 0 Å². The number of nitrogens with one attached hydrogen (secondary N) is 1. The molecule has 0 spiro atoms. The monoisotopic (exact) mass is 267 g/mol. The lowest BCUT2D eigenvalue weighted by molar-refractivity contribution is 0.0944. The van der Waals surface area contributed by atoms with Gasteiger partial charge in [-0.2, -0.15) is 0 Å². The first-order chi connectivity index (χ1) is 8.82. The van der Waals surface area contributed by atoms with Gasteiger partial charge in [0.1, 0.15) is 5.82 Å². The van der Waals surface area contributed by atoms with Gasteiger partial charge >= 0.3 is 0 Å². The number of likely N-dealkylation sites (N-methyl/N-ethyl adjacent to an activating group) is 1. The Morgan fingerprint density at radius 3 is 2.68 bits per heavy atom. The maximum Gasteiger partial charge on any atom is 0.254 e. The van der Waals surface area contributed by atoms with Crippen molar-refractivity contribution in [3.05, 3.63) is 29.1 Å². The van der Waals surface area contributed by atoms with Gasteiger partial charge in [-0.1, -0.05) is 0 Å². The van der Waals surface area contributed by atoms with E-state index in [2.05, 4.69) is 24.1 Å². The van der Waals surface area contributed by atoms with Gasteiger partial charge < -0.3 is 16.0 Å². The van der Waals surface area contributed by atoms with Crippen molar-refractivity contribution in [2.24, 2.45) is 0 Å². The second kappa shape index (κ2) is 6.52. The molecule has 1 aromatic rings. The minimum atomic E-state index is -0.510. The lowest BCUT2D eigenvalue weighted by atomic mass is 10.1. The fraction of sp³-hybridized carbons (Fsp3) is 0.500. The van der Waals surface area contributed by atoms with Crippen LogP contribution in [0.5, 0.6) is 0 Å². The van der Waals surface area contributed by atoms with E-state index in [9.17, 15) is 9.18 Å². The van der Waals surface area contributed by atoms with E-state index < -0.39 is 11.7 Å². The zero-order valence-electron chi connectivity index (χ0n) is 12.0. The van der Waals surface area contributed by atoms with Crippen molar-refractivity contribution in [1.82, 2.24) is 10.2 Å². The van der Waals surface area contributed by atoms with Crippen LogP contribution in [0.25, 0.3) is 0 Å². The minimum Gasteiger partial charge on any atom is -0.399 e. The summed E-state index contributed by atoms with van der Waals surface area (Å²) in [4.78, 5) is 14.0. The van der Waals surface area contributed by atoms with Crippen molar-refractivity contribution in [2.75, 3.05) is 25.9 Å². The van der Waals surface area contributed by atoms with E-state index in [-0.39, 0.29) is 5.56 Å². The molecule has 3 N–H and O–H groups in total. The second-order valence-corrected chi connectivity index (χ2v) is 5.03. The number of nitrogen functional groups attached to an aromatic ring is 1. The fourth-order valence-electron chi connectivity index (χ4n) is 1.66. The molecule has 0 saturated carbocycles. The number of carbonyl (C=O) groups excluding carboxylic acids is 1. The van der Waals surface area contributed by atoms with Gasteiger partial charge in [-0.25, -0.2) is 4.39 Å². The molecule has 0 radical (unpaired) electrons. The largest absolute Gasteiger partial charge is 0.399 e. The van der Waals surface area contributed by atoms with E-state index in [0.717, 1.165) is 0 Å². The van der Waals surface area contributed by atoms with Crippen molar-refractivity contribution in [2.45, 2.75) is 26.8 Å². The van der Waals surface area contributed by atoms with Crippen LogP contribution in [-0.4, -0.2) is 37.0 Å². The fourth-order valence-corrected chi connectivity index (χ4v) is 1.66. The second-order valence-electron chi connectivity index (χ2n) is 5.03. The first-order valence-electron chi connectivity index (χ1n) is 6.37. The van der Waals surface area contributed by atoms with Crippen LogP contribution in [0.1, 0.15) is 29.8 Å². The molecule has 0 bridgehead atoms. The summed E-state index contributed by atoms with van der Waals surface area (Å²) in [6.45, 7) is 6.92. The number of rotatable bonds is 5. The summed E-state index contributed by atoms with van der Waals surface area (Å²) in [6.07, 6.45) is 0. The average molecular weight is 267 g/mol. The third-order valence-electron chi connectivity index (χ3n) is 3.15. The first-order valence-corrected chi connectivity index (χ1v) is 6.37. The van der Waals surface area contributed by atoms with Crippen LogP contribution in [0.3, 0.4) is 0 Å². The van der Waals surface area contributed by atoms with Gasteiger partial charge in [0, 0.05) is 24.8 Å². The van der Waals surface area contributed by atoms with Crippen LogP contribution < -0.4 is 11.1 Å². The average Bonchev–Trinajstić information content (AvgIpc) is 2.33. The Labute approximate surface area is 113 Å². The molecule has 0 unspecified atom stereocenters. The van der Waals surface area contributed by atoms with Crippen LogP contribution in [0.15, 0.2) is 12.1 Å². The van der Waals surface area contributed by atoms with Gasteiger partial charge in [0.05, 0.1) is 5.56 Å². The van der Waals surface area contributed by atoms with Crippen molar-refractivity contribution >= 4 is 11.6 Å². The Hall–Kier alpha value is -1.62. The number of halogens is 1. The van der Waals surface area contributed by atoms with Gasteiger partial charge in [0.2, 0.25) is 0 Å². The number of nitrogens with zero attached hydrogens (tertiary/aromatic N) is 1. The SMILES string of the molecule is Cc1cc(N)cc(C(=O)NCCN(C)C(C)C)c1F. The highest BCUT2D eigenvalue weighted by atomic mass is 19.1. The Morgan fingerprint density at radius 1 is 1.47 bits per heavy atom. The normalized spacial score (nSPS) is 11.1. The molecule has 19 heavy (non-hydrogen) atoms. The van der Waals surface area contributed by atoms with Crippen LogP contribution in [-0.2, 0) is 0 Å². The summed E-state index contributed by atoms with van der Waals surface area (Å²) in [7, 11) is 1.97. The summed E-state index contributed by atoms with van der Waals surface area (Å²) >= 11 is 0. The number of carbonyl (C=O) groups is 1. The van der Waals surface area contributed by atoms with E-state index in [1.807, 2.05) is 7.05 Å². The summed E-state index contributed by atoms with van der Waals surface area (Å²) in [5.74, 6) is -0.936. The van der Waals surface area contributed by atoms with E-state index in [1.165, 1.54) is 12.1 Å². The standard InChI is InChI=1S/C14H22FN3O/c1-9(2)18(4)6-5-17-14(19)12-8-11(16)7-10(3)13(12)15/h7-9H,5-6,16H2,1-4H3,(H,17,19). The molecule has 0 aliphatic heterocycles. The highest BCUT2D eigenvalue weighted by molar-refractivity contribution is 5.95. The smallest absolute Gasteiger partial charge is 0.254 e. The summed E-state index contributed by atoms with van der Waals surface area (Å²) in [5.41, 5.74) is 6.40. The topological polar surface area (TPSA) is 58.4 Å². The molecule has 0 saturated heterocycles. The van der Waals surface area contributed by atoms with E-state index >= 15 is 0 Å². The highest BCUT2D eigenvalue weighted by Gasteiger charge is 2.14. The zero-order chi connectivity index (χ0) is 14.6. The molecular weight excluding hydrogens is 245 g/mol. The molecule has 1 rings (SSSR count). The molecule has 5 heteroatoms. The number of benzene rings is 1. The Kier molecular flexibility index (Phi) is 5.30. The lowest BCUT2D eigenvalue weighted by Crippen LogP contribution is -2.36. The third-order valence-corrected chi connectivity index (χ3v) is 3.15. The lowest BCUT2D eigenvalue weighted by Gasteiger charge is -2.21. The molecule has 0 heterocycles. The summed E-state index contributed by atoms with van der Waals surface area (Å²) in [5, 5.41) is 2.70. The van der Waals surface area contributed by atoms with Crippen molar-refractivity contribution in [3.63, 3.8) is 0 Å². The third kappa shape index (κ3) is 4.21. The molecule has 0 aliphatic rings. The molecule has 1 amide bonds. The van der Waals surface area contributed by atoms with E-state index in [0.29, 0.717) is 30.4 Å².